The smallest absolute Gasteiger partial charge is 0.335 e. The first-order valence-corrected chi connectivity index (χ1v) is 9.03. The Kier molecular flexibility index (Phi) is 4.62. The van der Waals surface area contributed by atoms with E-state index in [-0.39, 0.29) is 10.8 Å². The molecule has 0 spiro atoms. The molecule has 1 aliphatic carbocycles. The molecule has 1 aliphatic rings. The summed E-state index contributed by atoms with van der Waals surface area (Å²) in [7, 11) is 0. The minimum atomic E-state index is -0.894. The average Bonchev–Trinajstić information content (AvgIpc) is 2.59. The number of benzene rings is 2. The van der Waals surface area contributed by atoms with Gasteiger partial charge in [-0.05, 0) is 40.8 Å². The average molecular weight is 346 g/mol. The van der Waals surface area contributed by atoms with Gasteiger partial charge in [0.25, 0.3) is 0 Å². The Bertz CT molecular complexity index is 881. The van der Waals surface area contributed by atoms with Gasteiger partial charge in [-0.1, -0.05) is 82.3 Å². The first kappa shape index (κ1) is 18.2. The summed E-state index contributed by atoms with van der Waals surface area (Å²) in [5.74, 6) is -0.894. The van der Waals surface area contributed by atoms with Crippen molar-refractivity contribution < 1.29 is 9.90 Å². The van der Waals surface area contributed by atoms with Crippen molar-refractivity contribution in [2.24, 2.45) is 0 Å². The van der Waals surface area contributed by atoms with Crippen LogP contribution in [0.3, 0.4) is 0 Å². The summed E-state index contributed by atoms with van der Waals surface area (Å²) >= 11 is 0. The maximum Gasteiger partial charge on any atom is 0.335 e. The molecule has 2 aromatic carbocycles. The Hall–Kier alpha value is -2.61. The number of carboxylic acid groups (broad SMARTS) is 1. The van der Waals surface area contributed by atoms with Crippen LogP contribution < -0.4 is 0 Å². The van der Waals surface area contributed by atoms with E-state index in [1.165, 1.54) is 16.7 Å². The number of fused-ring (bicyclic) bond motifs is 1. The Morgan fingerprint density at radius 2 is 1.54 bits per heavy atom. The second-order valence-electron chi connectivity index (χ2n) is 8.19. The van der Waals surface area contributed by atoms with E-state index < -0.39 is 5.97 Å². The number of hydrogen-bond acceptors (Lipinski definition) is 1. The van der Waals surface area contributed by atoms with Crippen molar-refractivity contribution in [2.45, 2.75) is 44.9 Å². The molecule has 0 amide bonds. The summed E-state index contributed by atoms with van der Waals surface area (Å²) in [6.45, 7) is 9.05. The van der Waals surface area contributed by atoms with Crippen LogP contribution in [0.15, 0.2) is 60.7 Å². The van der Waals surface area contributed by atoms with Crippen molar-refractivity contribution >= 4 is 12.0 Å². The van der Waals surface area contributed by atoms with Gasteiger partial charge in [0.05, 0.1) is 5.56 Å². The molecular weight excluding hydrogens is 320 g/mol. The zero-order valence-electron chi connectivity index (χ0n) is 15.9. The van der Waals surface area contributed by atoms with E-state index >= 15 is 0 Å². The third kappa shape index (κ3) is 3.65. The molecule has 0 radical (unpaired) electrons. The molecule has 2 aromatic rings. The van der Waals surface area contributed by atoms with Crippen molar-refractivity contribution in [3.63, 3.8) is 0 Å². The van der Waals surface area contributed by atoms with E-state index in [4.69, 9.17) is 5.11 Å². The topological polar surface area (TPSA) is 37.3 Å². The molecule has 134 valence electrons. The van der Waals surface area contributed by atoms with Gasteiger partial charge in [0.1, 0.15) is 0 Å². The van der Waals surface area contributed by atoms with Crippen LogP contribution in [-0.2, 0) is 17.3 Å². The van der Waals surface area contributed by atoms with E-state index in [1.807, 2.05) is 18.2 Å². The fraction of sp³-hybridized carbons (Fsp3) is 0.292. The zero-order valence-corrected chi connectivity index (χ0v) is 15.9. The summed E-state index contributed by atoms with van der Waals surface area (Å²) < 4.78 is 0. The summed E-state index contributed by atoms with van der Waals surface area (Å²) in [4.78, 5) is 10.9. The highest BCUT2D eigenvalue weighted by Crippen LogP contribution is 2.41. The van der Waals surface area contributed by atoms with E-state index in [9.17, 15) is 4.79 Å². The normalized spacial score (nSPS) is 17.2. The van der Waals surface area contributed by atoms with Gasteiger partial charge in [-0.3, -0.25) is 0 Å². The number of aromatic carboxylic acids is 1. The van der Waals surface area contributed by atoms with Gasteiger partial charge in [-0.15, -0.1) is 0 Å². The standard InChI is InChI=1S/C24H26O2/c1-23(2)14-15-24(3,4)21-16-18(10-13-20(21)23)7-5-6-17-8-11-19(12-9-17)22(25)26/h5-6,8-16H,7H2,1-4H3,(H,25,26)/b6-5+. The SMILES string of the molecule is CC1(C)C=CC(C)(C)c2cc(C/C=C/c3ccc(C(=O)O)cc3)ccc21. The first-order chi connectivity index (χ1) is 12.2. The van der Waals surface area contributed by atoms with E-state index in [0.29, 0.717) is 5.56 Å². The summed E-state index contributed by atoms with van der Waals surface area (Å²) in [5, 5.41) is 8.95. The maximum absolute atomic E-state index is 10.9. The third-order valence-electron chi connectivity index (χ3n) is 5.21. The molecule has 0 bridgehead atoms. The molecule has 0 aromatic heterocycles. The minimum absolute atomic E-state index is 0.0528. The van der Waals surface area contributed by atoms with Crippen molar-refractivity contribution in [3.8, 4) is 0 Å². The summed E-state index contributed by atoms with van der Waals surface area (Å²) in [6, 6.07) is 13.8. The van der Waals surface area contributed by atoms with Crippen molar-refractivity contribution in [1.82, 2.24) is 0 Å². The number of allylic oxidation sites excluding steroid dienone is 3. The molecule has 26 heavy (non-hydrogen) atoms. The van der Waals surface area contributed by atoms with E-state index in [1.54, 1.807) is 12.1 Å². The lowest BCUT2D eigenvalue weighted by Crippen LogP contribution is -2.29. The number of carbonyl (C=O) groups is 1. The van der Waals surface area contributed by atoms with Crippen molar-refractivity contribution in [1.29, 1.82) is 0 Å². The van der Waals surface area contributed by atoms with Crippen LogP contribution in [0.5, 0.6) is 0 Å². The molecule has 0 unspecified atom stereocenters. The second-order valence-corrected chi connectivity index (χ2v) is 8.19. The predicted molar refractivity (Wildman–Crippen MR) is 108 cm³/mol. The molecular formula is C24H26O2. The molecule has 0 saturated carbocycles. The maximum atomic E-state index is 10.9. The van der Waals surface area contributed by atoms with Gasteiger partial charge in [0.2, 0.25) is 0 Å². The lowest BCUT2D eigenvalue weighted by atomic mass is 9.67. The highest BCUT2D eigenvalue weighted by atomic mass is 16.4. The number of rotatable bonds is 4. The van der Waals surface area contributed by atoms with Crippen LogP contribution in [0.1, 0.15) is 60.3 Å². The second kappa shape index (κ2) is 6.60. The zero-order chi connectivity index (χ0) is 18.9. The fourth-order valence-corrected chi connectivity index (χ4v) is 3.48. The van der Waals surface area contributed by atoms with Crippen LogP contribution >= 0.6 is 0 Å². The highest BCUT2D eigenvalue weighted by molar-refractivity contribution is 5.87. The van der Waals surface area contributed by atoms with Crippen LogP contribution in [-0.4, -0.2) is 11.1 Å². The summed E-state index contributed by atoms with van der Waals surface area (Å²) in [5.41, 5.74) is 5.56. The molecule has 2 nitrogen and oxygen atoms in total. The monoisotopic (exact) mass is 346 g/mol. The molecule has 0 heterocycles. The molecule has 2 heteroatoms. The Balaban J connectivity index is 1.79. The quantitative estimate of drug-likeness (QED) is 0.714. The van der Waals surface area contributed by atoms with Crippen LogP contribution in [0.25, 0.3) is 6.08 Å². The van der Waals surface area contributed by atoms with Gasteiger partial charge in [0.15, 0.2) is 0 Å². The first-order valence-electron chi connectivity index (χ1n) is 9.03. The Morgan fingerprint density at radius 1 is 0.923 bits per heavy atom. The number of hydrogen-bond donors (Lipinski definition) is 1. The molecule has 0 saturated heterocycles. The third-order valence-corrected chi connectivity index (χ3v) is 5.21. The number of carboxylic acids is 1. The van der Waals surface area contributed by atoms with Crippen molar-refractivity contribution in [3.05, 3.63) is 88.5 Å². The van der Waals surface area contributed by atoms with Crippen LogP contribution in [0.2, 0.25) is 0 Å². The Morgan fingerprint density at radius 3 is 2.15 bits per heavy atom. The molecule has 0 atom stereocenters. The fourth-order valence-electron chi connectivity index (χ4n) is 3.48. The molecule has 0 fully saturated rings. The van der Waals surface area contributed by atoms with E-state index in [2.05, 4.69) is 64.1 Å². The van der Waals surface area contributed by atoms with E-state index in [0.717, 1.165) is 12.0 Å². The van der Waals surface area contributed by atoms with Gasteiger partial charge >= 0.3 is 5.97 Å². The lowest BCUT2D eigenvalue weighted by Gasteiger charge is -2.37. The highest BCUT2D eigenvalue weighted by Gasteiger charge is 2.32. The Labute approximate surface area is 155 Å². The van der Waals surface area contributed by atoms with Gasteiger partial charge in [0, 0.05) is 10.8 Å². The van der Waals surface area contributed by atoms with Gasteiger partial charge in [-0.2, -0.15) is 0 Å². The van der Waals surface area contributed by atoms with Gasteiger partial charge in [-0.25, -0.2) is 4.79 Å². The van der Waals surface area contributed by atoms with Crippen molar-refractivity contribution in [2.75, 3.05) is 0 Å². The molecule has 1 N–H and O–H groups in total. The van der Waals surface area contributed by atoms with Crippen LogP contribution in [0, 0.1) is 0 Å². The summed E-state index contributed by atoms with van der Waals surface area (Å²) in [6.07, 6.45) is 9.66. The van der Waals surface area contributed by atoms with Crippen LogP contribution in [0.4, 0.5) is 0 Å². The molecule has 0 aliphatic heterocycles. The van der Waals surface area contributed by atoms with Gasteiger partial charge < -0.3 is 5.11 Å². The lowest BCUT2D eigenvalue weighted by molar-refractivity contribution is 0.0697. The minimum Gasteiger partial charge on any atom is -0.478 e. The molecule has 3 rings (SSSR count). The largest absolute Gasteiger partial charge is 0.478 e. The predicted octanol–water partition coefficient (Wildman–Crippen LogP) is 5.77.